The maximum Gasteiger partial charge on any atom is 0.198 e. The van der Waals surface area contributed by atoms with Crippen molar-refractivity contribution in [1.29, 1.82) is 0 Å². The van der Waals surface area contributed by atoms with E-state index in [1.54, 1.807) is 6.21 Å². The van der Waals surface area contributed by atoms with Crippen LogP contribution in [0.1, 0.15) is 12.0 Å². The highest BCUT2D eigenvalue weighted by Gasteiger charge is 2.12. The van der Waals surface area contributed by atoms with Crippen LogP contribution in [0.5, 0.6) is 5.88 Å². The van der Waals surface area contributed by atoms with Crippen LogP contribution in [0.3, 0.4) is 0 Å². The second kappa shape index (κ2) is 9.11. The molecule has 152 valence electrons. The molecule has 1 aromatic heterocycles. The molecule has 0 unspecified atom stereocenters. The average molecular weight is 392 g/mol. The van der Waals surface area contributed by atoms with Crippen LogP contribution >= 0.6 is 0 Å². The van der Waals surface area contributed by atoms with E-state index in [-0.39, 0.29) is 5.88 Å². The van der Waals surface area contributed by atoms with Crippen LogP contribution in [0.2, 0.25) is 0 Å². The first kappa shape index (κ1) is 19.5. The fourth-order valence-electron chi connectivity index (χ4n) is 3.69. The number of fused-ring (bicyclic) bond motifs is 1. The molecule has 0 bridgehead atoms. The predicted molar refractivity (Wildman–Crippen MR) is 121 cm³/mol. The number of nitrogens with one attached hydrogen (secondary N) is 2. The zero-order valence-corrected chi connectivity index (χ0v) is 16.9. The summed E-state index contributed by atoms with van der Waals surface area (Å²) in [6.45, 7) is 6.82. The minimum Gasteiger partial charge on any atom is -0.494 e. The number of rotatable bonds is 7. The van der Waals surface area contributed by atoms with Gasteiger partial charge >= 0.3 is 0 Å². The van der Waals surface area contributed by atoms with Crippen molar-refractivity contribution >= 4 is 28.5 Å². The molecule has 3 N–H and O–H groups in total. The van der Waals surface area contributed by atoms with E-state index in [0.29, 0.717) is 5.56 Å². The smallest absolute Gasteiger partial charge is 0.198 e. The first-order valence-corrected chi connectivity index (χ1v) is 10.3. The molecule has 1 aliphatic heterocycles. The van der Waals surface area contributed by atoms with Crippen LogP contribution in [0.25, 0.3) is 10.9 Å². The van der Waals surface area contributed by atoms with Gasteiger partial charge in [-0.1, -0.05) is 18.2 Å². The Labute approximate surface area is 171 Å². The number of hydrogen-bond donors (Lipinski definition) is 3. The highest BCUT2D eigenvalue weighted by Crippen LogP contribution is 2.26. The number of para-hydroxylation sites is 1. The number of aromatic hydroxyl groups is 1. The molecule has 1 aliphatic rings. The van der Waals surface area contributed by atoms with Gasteiger partial charge in [0.15, 0.2) is 5.88 Å². The number of nitrogens with zero attached hydrogens (tertiary/aromatic N) is 3. The number of hydrogen-bond acceptors (Lipinski definition) is 5. The molecule has 0 atom stereocenters. The van der Waals surface area contributed by atoms with Crippen LogP contribution in [0, 0.1) is 0 Å². The van der Waals surface area contributed by atoms with E-state index >= 15 is 0 Å². The van der Waals surface area contributed by atoms with Crippen molar-refractivity contribution in [3.63, 3.8) is 0 Å². The molecule has 0 saturated carbocycles. The lowest BCUT2D eigenvalue weighted by Crippen LogP contribution is -2.44. The van der Waals surface area contributed by atoms with Crippen molar-refractivity contribution in [3.05, 3.63) is 54.1 Å². The third-order valence-corrected chi connectivity index (χ3v) is 5.51. The first-order chi connectivity index (χ1) is 14.2. The topological polar surface area (TPSA) is 66.9 Å². The van der Waals surface area contributed by atoms with Crippen LogP contribution in [-0.4, -0.2) is 72.4 Å². The van der Waals surface area contributed by atoms with E-state index in [0.717, 1.165) is 41.8 Å². The third kappa shape index (κ3) is 4.96. The van der Waals surface area contributed by atoms with Crippen molar-refractivity contribution in [2.24, 2.45) is 4.99 Å². The van der Waals surface area contributed by atoms with Gasteiger partial charge in [0.25, 0.3) is 0 Å². The standard InChI is InChI=1S/C23H29N5O/c1-27-13-15-28(16-14-27)12-4-11-24-18-7-9-19(10-8-18)25-17-21-20-5-2-3-6-22(20)26-23(21)29/h2-3,5-10,17,24,26,29H,4,11-16H2,1H3. The Morgan fingerprint density at radius 3 is 2.62 bits per heavy atom. The lowest BCUT2D eigenvalue weighted by atomic mass is 10.2. The second-order valence-corrected chi connectivity index (χ2v) is 7.66. The van der Waals surface area contributed by atoms with Gasteiger partial charge in [0.05, 0.1) is 11.3 Å². The maximum atomic E-state index is 10.1. The largest absolute Gasteiger partial charge is 0.494 e. The van der Waals surface area contributed by atoms with Gasteiger partial charge in [-0.05, 0) is 50.3 Å². The molecule has 1 saturated heterocycles. The summed E-state index contributed by atoms with van der Waals surface area (Å²) in [6, 6.07) is 15.9. The Morgan fingerprint density at radius 2 is 1.83 bits per heavy atom. The number of H-pyrrole nitrogens is 1. The first-order valence-electron chi connectivity index (χ1n) is 10.3. The lowest BCUT2D eigenvalue weighted by molar-refractivity contribution is 0.154. The van der Waals surface area contributed by atoms with Crippen LogP contribution < -0.4 is 5.32 Å². The highest BCUT2D eigenvalue weighted by molar-refractivity contribution is 6.02. The molecule has 0 radical (unpaired) electrons. The zero-order chi connectivity index (χ0) is 20.1. The van der Waals surface area contributed by atoms with Crippen LogP contribution in [0.4, 0.5) is 11.4 Å². The Bertz CT molecular complexity index is 955. The van der Waals surface area contributed by atoms with Crippen molar-refractivity contribution in [2.45, 2.75) is 6.42 Å². The van der Waals surface area contributed by atoms with E-state index in [9.17, 15) is 5.11 Å². The Hall–Kier alpha value is -2.83. The molecule has 4 rings (SSSR count). The van der Waals surface area contributed by atoms with E-state index in [1.165, 1.54) is 26.2 Å². The van der Waals surface area contributed by atoms with Gasteiger partial charge in [0, 0.05) is 55.5 Å². The minimum absolute atomic E-state index is 0.147. The summed E-state index contributed by atoms with van der Waals surface area (Å²) in [5.41, 5.74) is 3.59. The molecule has 29 heavy (non-hydrogen) atoms. The van der Waals surface area contributed by atoms with E-state index < -0.39 is 0 Å². The van der Waals surface area contributed by atoms with Crippen molar-refractivity contribution in [2.75, 3.05) is 51.6 Å². The summed E-state index contributed by atoms with van der Waals surface area (Å²) in [7, 11) is 2.19. The van der Waals surface area contributed by atoms with Crippen molar-refractivity contribution < 1.29 is 5.11 Å². The Morgan fingerprint density at radius 1 is 1.07 bits per heavy atom. The van der Waals surface area contributed by atoms with Gasteiger partial charge in [-0.15, -0.1) is 0 Å². The van der Waals surface area contributed by atoms with E-state index in [2.05, 4.69) is 44.3 Å². The fourth-order valence-corrected chi connectivity index (χ4v) is 3.69. The van der Waals surface area contributed by atoms with Gasteiger partial charge in [-0.3, -0.25) is 4.99 Å². The third-order valence-electron chi connectivity index (χ3n) is 5.51. The normalized spacial score (nSPS) is 16.0. The number of anilines is 1. The molecule has 6 heteroatoms. The van der Waals surface area contributed by atoms with Gasteiger partial charge in [-0.25, -0.2) is 0 Å². The van der Waals surface area contributed by atoms with E-state index in [1.807, 2.05) is 36.4 Å². The summed E-state index contributed by atoms with van der Waals surface area (Å²) in [5.74, 6) is 0.147. The molecule has 2 aromatic carbocycles. The number of aromatic amines is 1. The van der Waals surface area contributed by atoms with Crippen molar-refractivity contribution in [1.82, 2.24) is 14.8 Å². The quantitative estimate of drug-likeness (QED) is 0.425. The molecule has 0 aliphatic carbocycles. The number of aliphatic imine (C=N–C) groups is 1. The summed E-state index contributed by atoms with van der Waals surface area (Å²) >= 11 is 0. The number of aromatic nitrogens is 1. The lowest BCUT2D eigenvalue weighted by Gasteiger charge is -2.32. The molecule has 2 heterocycles. The van der Waals surface area contributed by atoms with Crippen LogP contribution in [-0.2, 0) is 0 Å². The van der Waals surface area contributed by atoms with Gasteiger partial charge in [0.2, 0.25) is 0 Å². The molecule has 3 aromatic rings. The fraction of sp³-hybridized carbons (Fsp3) is 0.348. The summed E-state index contributed by atoms with van der Waals surface area (Å²) in [4.78, 5) is 12.4. The average Bonchev–Trinajstić information content (AvgIpc) is 3.07. The minimum atomic E-state index is 0.147. The number of piperazine rings is 1. The summed E-state index contributed by atoms with van der Waals surface area (Å²) in [5, 5.41) is 14.6. The monoisotopic (exact) mass is 391 g/mol. The summed E-state index contributed by atoms with van der Waals surface area (Å²) in [6.07, 6.45) is 2.86. The Kier molecular flexibility index (Phi) is 6.12. The van der Waals surface area contributed by atoms with Gasteiger partial charge in [0.1, 0.15) is 0 Å². The summed E-state index contributed by atoms with van der Waals surface area (Å²) < 4.78 is 0. The van der Waals surface area contributed by atoms with Gasteiger partial charge in [-0.2, -0.15) is 0 Å². The van der Waals surface area contributed by atoms with E-state index in [4.69, 9.17) is 0 Å². The molecule has 6 nitrogen and oxygen atoms in total. The van der Waals surface area contributed by atoms with Crippen LogP contribution in [0.15, 0.2) is 53.5 Å². The molecular weight excluding hydrogens is 362 g/mol. The molecular formula is C23H29N5O. The second-order valence-electron chi connectivity index (χ2n) is 7.66. The maximum absolute atomic E-state index is 10.1. The number of benzene rings is 2. The molecule has 0 spiro atoms. The SMILES string of the molecule is CN1CCN(CCCNc2ccc(N=Cc3c(O)[nH]c4ccccc34)cc2)CC1. The zero-order valence-electron chi connectivity index (χ0n) is 16.9. The van der Waals surface area contributed by atoms with Gasteiger partial charge < -0.3 is 25.2 Å². The predicted octanol–water partition coefficient (Wildman–Crippen LogP) is 3.67. The Balaban J connectivity index is 1.28. The number of likely N-dealkylation sites (N-methyl/N-ethyl adjacent to an activating group) is 1. The molecule has 1 fully saturated rings. The van der Waals surface area contributed by atoms with Crippen molar-refractivity contribution in [3.8, 4) is 5.88 Å². The highest BCUT2D eigenvalue weighted by atomic mass is 16.3. The molecule has 0 amide bonds.